The Morgan fingerprint density at radius 1 is 1.42 bits per heavy atom. The Kier molecular flexibility index (Phi) is 5.36. The van der Waals surface area contributed by atoms with Gasteiger partial charge in [0.25, 0.3) is 0 Å². The molecule has 0 saturated carbocycles. The topological polar surface area (TPSA) is 41.6 Å². The van der Waals surface area contributed by atoms with Gasteiger partial charge in [0.1, 0.15) is 0 Å². The fraction of sp³-hybridized carbons (Fsp3) is 0.533. The second kappa shape index (κ2) is 7.26. The molecule has 0 aromatic heterocycles. The van der Waals surface area contributed by atoms with E-state index in [1.165, 1.54) is 19.1 Å². The number of hydrogen-bond donors (Lipinski definition) is 1. The lowest BCUT2D eigenvalue weighted by Crippen LogP contribution is -2.46. The molecule has 1 N–H and O–H groups in total. The van der Waals surface area contributed by atoms with Crippen molar-refractivity contribution >= 4 is 5.97 Å². The molecule has 104 valence electrons. The van der Waals surface area contributed by atoms with Gasteiger partial charge in [0.15, 0.2) is 0 Å². The fourth-order valence-corrected chi connectivity index (χ4v) is 2.51. The van der Waals surface area contributed by atoms with Gasteiger partial charge in [-0.15, -0.1) is 0 Å². The minimum Gasteiger partial charge on any atom is -0.468 e. The number of ether oxygens (including phenoxy) is 1. The van der Waals surface area contributed by atoms with Crippen molar-refractivity contribution in [3.8, 4) is 0 Å². The van der Waals surface area contributed by atoms with E-state index in [2.05, 4.69) is 39.2 Å². The van der Waals surface area contributed by atoms with Crippen LogP contribution < -0.4 is 5.32 Å². The SMILES string of the molecule is COC(=O)CNC1CCCN(Cc2ccccc2)C1. The summed E-state index contributed by atoms with van der Waals surface area (Å²) in [6, 6.07) is 10.9. The summed E-state index contributed by atoms with van der Waals surface area (Å²) in [5.74, 6) is -0.194. The summed E-state index contributed by atoms with van der Waals surface area (Å²) in [5.41, 5.74) is 1.34. The number of esters is 1. The summed E-state index contributed by atoms with van der Waals surface area (Å²) in [6.07, 6.45) is 2.30. The second-order valence-corrected chi connectivity index (χ2v) is 5.02. The molecule has 0 bridgehead atoms. The monoisotopic (exact) mass is 262 g/mol. The quantitative estimate of drug-likeness (QED) is 0.815. The first kappa shape index (κ1) is 14.0. The predicted octanol–water partition coefficient (Wildman–Crippen LogP) is 1.41. The van der Waals surface area contributed by atoms with E-state index in [-0.39, 0.29) is 5.97 Å². The van der Waals surface area contributed by atoms with E-state index < -0.39 is 0 Å². The zero-order valence-electron chi connectivity index (χ0n) is 11.5. The molecule has 19 heavy (non-hydrogen) atoms. The Morgan fingerprint density at radius 2 is 2.21 bits per heavy atom. The number of nitrogens with one attached hydrogen (secondary N) is 1. The molecule has 0 spiro atoms. The molecule has 1 aliphatic heterocycles. The minimum atomic E-state index is -0.194. The Balaban J connectivity index is 1.79. The lowest BCUT2D eigenvalue weighted by atomic mass is 10.0. The summed E-state index contributed by atoms with van der Waals surface area (Å²) >= 11 is 0. The third-order valence-electron chi connectivity index (χ3n) is 3.52. The van der Waals surface area contributed by atoms with Crippen LogP contribution in [0.2, 0.25) is 0 Å². The average Bonchev–Trinajstić information content (AvgIpc) is 2.46. The predicted molar refractivity (Wildman–Crippen MR) is 74.8 cm³/mol. The highest BCUT2D eigenvalue weighted by Crippen LogP contribution is 2.13. The molecule has 1 aromatic rings. The van der Waals surface area contributed by atoms with Crippen LogP contribution in [0.1, 0.15) is 18.4 Å². The van der Waals surface area contributed by atoms with Crippen LogP contribution in [0.15, 0.2) is 30.3 Å². The van der Waals surface area contributed by atoms with E-state index >= 15 is 0 Å². The van der Waals surface area contributed by atoms with Crippen LogP contribution in [0.25, 0.3) is 0 Å². The maximum absolute atomic E-state index is 11.1. The van der Waals surface area contributed by atoms with E-state index in [9.17, 15) is 4.79 Å². The number of methoxy groups -OCH3 is 1. The highest BCUT2D eigenvalue weighted by molar-refractivity contribution is 5.71. The number of rotatable bonds is 5. The summed E-state index contributed by atoms with van der Waals surface area (Å²) < 4.78 is 4.65. The maximum Gasteiger partial charge on any atom is 0.319 e. The standard InChI is InChI=1S/C15H22N2O2/c1-19-15(18)10-16-14-8-5-9-17(12-14)11-13-6-3-2-4-7-13/h2-4,6-7,14,16H,5,8-12H2,1H3. The van der Waals surface area contributed by atoms with E-state index in [1.807, 2.05) is 6.07 Å². The number of hydrogen-bond acceptors (Lipinski definition) is 4. The van der Waals surface area contributed by atoms with Crippen molar-refractivity contribution in [3.05, 3.63) is 35.9 Å². The van der Waals surface area contributed by atoms with Crippen LogP contribution in [0.3, 0.4) is 0 Å². The molecule has 1 heterocycles. The lowest BCUT2D eigenvalue weighted by molar-refractivity contribution is -0.139. The van der Waals surface area contributed by atoms with Crippen molar-refractivity contribution in [1.29, 1.82) is 0 Å². The van der Waals surface area contributed by atoms with Crippen LogP contribution >= 0.6 is 0 Å². The largest absolute Gasteiger partial charge is 0.468 e. The van der Waals surface area contributed by atoms with Crippen molar-refractivity contribution < 1.29 is 9.53 Å². The molecule has 1 unspecified atom stereocenters. The summed E-state index contributed by atoms with van der Waals surface area (Å²) in [5, 5.41) is 3.27. The van der Waals surface area contributed by atoms with Crippen LogP contribution in [0, 0.1) is 0 Å². The van der Waals surface area contributed by atoms with Crippen molar-refractivity contribution in [2.45, 2.75) is 25.4 Å². The van der Waals surface area contributed by atoms with E-state index in [0.29, 0.717) is 12.6 Å². The van der Waals surface area contributed by atoms with Gasteiger partial charge in [-0.05, 0) is 24.9 Å². The van der Waals surface area contributed by atoms with Gasteiger partial charge >= 0.3 is 5.97 Å². The maximum atomic E-state index is 11.1. The van der Waals surface area contributed by atoms with Gasteiger partial charge in [-0.2, -0.15) is 0 Å². The Hall–Kier alpha value is -1.39. The minimum absolute atomic E-state index is 0.194. The third kappa shape index (κ3) is 4.65. The fourth-order valence-electron chi connectivity index (χ4n) is 2.51. The molecule has 1 saturated heterocycles. The first-order valence-corrected chi connectivity index (χ1v) is 6.84. The number of carbonyl (C=O) groups excluding carboxylic acids is 1. The zero-order chi connectivity index (χ0) is 13.5. The van der Waals surface area contributed by atoms with Crippen LogP contribution in [-0.2, 0) is 16.1 Å². The van der Waals surface area contributed by atoms with Gasteiger partial charge in [-0.25, -0.2) is 0 Å². The molecule has 0 amide bonds. The van der Waals surface area contributed by atoms with Crippen molar-refractivity contribution in [3.63, 3.8) is 0 Å². The summed E-state index contributed by atoms with van der Waals surface area (Å²) in [4.78, 5) is 13.6. The normalized spacial score (nSPS) is 20.2. The number of carbonyl (C=O) groups is 1. The molecular formula is C15H22N2O2. The van der Waals surface area contributed by atoms with Crippen molar-refractivity contribution in [2.24, 2.45) is 0 Å². The van der Waals surface area contributed by atoms with E-state index in [0.717, 1.165) is 26.1 Å². The first-order valence-electron chi connectivity index (χ1n) is 6.84. The zero-order valence-corrected chi connectivity index (χ0v) is 11.5. The second-order valence-electron chi connectivity index (χ2n) is 5.02. The van der Waals surface area contributed by atoms with Gasteiger partial charge in [0, 0.05) is 19.1 Å². The number of piperidine rings is 1. The molecule has 1 fully saturated rings. The van der Waals surface area contributed by atoms with Crippen molar-refractivity contribution in [2.75, 3.05) is 26.7 Å². The molecule has 2 rings (SSSR count). The first-order chi connectivity index (χ1) is 9.28. The van der Waals surface area contributed by atoms with E-state index in [4.69, 9.17) is 0 Å². The Bertz CT molecular complexity index is 394. The van der Waals surface area contributed by atoms with Gasteiger partial charge in [-0.1, -0.05) is 30.3 Å². The van der Waals surface area contributed by atoms with Crippen LogP contribution in [-0.4, -0.2) is 43.7 Å². The molecule has 0 aliphatic carbocycles. The average molecular weight is 262 g/mol. The van der Waals surface area contributed by atoms with Crippen LogP contribution in [0.5, 0.6) is 0 Å². The smallest absolute Gasteiger partial charge is 0.319 e. The molecule has 1 aliphatic rings. The number of benzene rings is 1. The number of nitrogens with zero attached hydrogens (tertiary/aromatic N) is 1. The lowest BCUT2D eigenvalue weighted by Gasteiger charge is -2.33. The summed E-state index contributed by atoms with van der Waals surface area (Å²) in [6.45, 7) is 3.41. The Labute approximate surface area is 114 Å². The number of likely N-dealkylation sites (tertiary alicyclic amines) is 1. The molecule has 4 heteroatoms. The highest BCUT2D eigenvalue weighted by atomic mass is 16.5. The Morgan fingerprint density at radius 3 is 2.95 bits per heavy atom. The highest BCUT2D eigenvalue weighted by Gasteiger charge is 2.20. The molecular weight excluding hydrogens is 240 g/mol. The van der Waals surface area contributed by atoms with Gasteiger partial charge in [0.05, 0.1) is 13.7 Å². The van der Waals surface area contributed by atoms with Crippen LogP contribution in [0.4, 0.5) is 0 Å². The molecule has 1 aromatic carbocycles. The van der Waals surface area contributed by atoms with Crippen molar-refractivity contribution in [1.82, 2.24) is 10.2 Å². The molecule has 0 radical (unpaired) electrons. The molecule has 4 nitrogen and oxygen atoms in total. The van der Waals surface area contributed by atoms with E-state index in [1.54, 1.807) is 0 Å². The van der Waals surface area contributed by atoms with Gasteiger partial charge in [-0.3, -0.25) is 9.69 Å². The van der Waals surface area contributed by atoms with Gasteiger partial charge < -0.3 is 10.1 Å². The molecule has 1 atom stereocenters. The third-order valence-corrected chi connectivity index (χ3v) is 3.52. The summed E-state index contributed by atoms with van der Waals surface area (Å²) in [7, 11) is 1.42. The van der Waals surface area contributed by atoms with Gasteiger partial charge in [0.2, 0.25) is 0 Å².